The first-order valence-electron chi connectivity index (χ1n) is 15.4. The fraction of sp³-hybridized carbons (Fsp3) is 0.344. The van der Waals surface area contributed by atoms with E-state index in [9.17, 15) is 42.8 Å². The zero-order valence-electron chi connectivity index (χ0n) is 27.6. The fourth-order valence-corrected chi connectivity index (χ4v) is 8.56. The normalized spacial score (nSPS) is 19.8. The first-order chi connectivity index (χ1) is 23.0. The Morgan fingerprint density at radius 3 is 2.08 bits per heavy atom. The largest absolute Gasteiger partial charge is 0.343 e. The minimum atomic E-state index is -4.30. The summed E-state index contributed by atoms with van der Waals surface area (Å²) < 4.78 is 115. The summed E-state index contributed by atoms with van der Waals surface area (Å²) in [5.74, 6) is -1.08. The number of sulfonamides is 2. The van der Waals surface area contributed by atoms with Gasteiger partial charge in [-0.2, -0.15) is 21.4 Å². The summed E-state index contributed by atoms with van der Waals surface area (Å²) in [5.41, 5.74) is 6.13. The van der Waals surface area contributed by atoms with E-state index in [-0.39, 0.29) is 22.9 Å². The van der Waals surface area contributed by atoms with Gasteiger partial charge in [-0.15, -0.1) is 0 Å². The molecule has 0 spiro atoms. The number of hydrogen-bond acceptors (Lipinski definition) is 9. The van der Waals surface area contributed by atoms with Gasteiger partial charge in [0, 0.05) is 42.1 Å². The number of nitrogens with two attached hydrogens (primary N) is 2. The van der Waals surface area contributed by atoms with E-state index in [0.717, 1.165) is 16.7 Å². The van der Waals surface area contributed by atoms with Crippen molar-refractivity contribution >= 4 is 57.4 Å². The molecule has 0 amide bonds. The molecule has 270 valence electrons. The Morgan fingerprint density at radius 1 is 0.840 bits per heavy atom. The molecule has 0 saturated carbocycles. The molecule has 0 unspecified atom stereocenters. The third-order valence-electron chi connectivity index (χ3n) is 9.27. The molecule has 2 aliphatic heterocycles. The van der Waals surface area contributed by atoms with Crippen molar-refractivity contribution in [2.24, 2.45) is 10.3 Å². The first-order valence-corrected chi connectivity index (χ1v) is 21.7. The van der Waals surface area contributed by atoms with Crippen LogP contribution in [0.25, 0.3) is 0 Å². The van der Waals surface area contributed by atoms with E-state index in [2.05, 4.69) is 0 Å². The molecule has 2 aromatic carbocycles. The predicted molar refractivity (Wildman–Crippen MR) is 190 cm³/mol. The molecule has 50 heavy (non-hydrogen) atoms. The summed E-state index contributed by atoms with van der Waals surface area (Å²) in [6.07, 6.45) is 9.26. The molecule has 0 bridgehead atoms. The van der Waals surface area contributed by atoms with Gasteiger partial charge in [-0.25, -0.2) is 27.1 Å². The van der Waals surface area contributed by atoms with Crippen molar-refractivity contribution in [3.63, 3.8) is 0 Å². The highest BCUT2D eigenvalue weighted by atomic mass is 32.2. The van der Waals surface area contributed by atoms with Crippen LogP contribution in [0.15, 0.2) is 92.9 Å². The summed E-state index contributed by atoms with van der Waals surface area (Å²) in [4.78, 5) is 1.58. The number of anilines is 1. The second-order valence-corrected chi connectivity index (χ2v) is 19.2. The van der Waals surface area contributed by atoms with Gasteiger partial charge >= 0.3 is 0 Å². The van der Waals surface area contributed by atoms with Gasteiger partial charge in [0.2, 0.25) is 25.7 Å². The number of fused-ring (bicyclic) bond motifs is 2. The molecule has 0 aromatic heterocycles. The molecule has 3 aliphatic rings. The Morgan fingerprint density at radius 2 is 1.46 bits per heavy atom. The summed E-state index contributed by atoms with van der Waals surface area (Å²) in [7, 11) is -16.5. The van der Waals surface area contributed by atoms with E-state index in [1.54, 1.807) is 21.6 Å². The Balaban J connectivity index is 1.48. The molecule has 14 nitrogen and oxygen atoms in total. The molecule has 0 atom stereocenters. The lowest BCUT2D eigenvalue weighted by Crippen LogP contribution is -2.29. The highest BCUT2D eigenvalue weighted by Crippen LogP contribution is 2.42. The van der Waals surface area contributed by atoms with E-state index in [4.69, 9.17) is 10.3 Å². The standard InChI is InChI=1S/C32H38N4O10S4/c1-21-22(6-8-25-18-24-19-26(49(33,43)44)9-11-29(24)35(25)14-16-47(37,38)39)4-5-23(21)7-13-31-32(2,3)28-20-27(50(34,45)46)10-12-30(28)36(31)15-17-48(40,41)42/h6-13,19-20H,4-5,14-18H2,1-3H3,(H5-,33,34,37,38,39,40,41,42,43,44,45,46)/p+1. The first kappa shape index (κ1) is 37.8. The van der Waals surface area contributed by atoms with Crippen LogP contribution in [0.4, 0.5) is 11.4 Å². The van der Waals surface area contributed by atoms with E-state index >= 15 is 0 Å². The van der Waals surface area contributed by atoms with Crippen LogP contribution in [0, 0.1) is 0 Å². The van der Waals surface area contributed by atoms with Crippen LogP contribution in [0.2, 0.25) is 0 Å². The molecule has 1 aliphatic carbocycles. The average Bonchev–Trinajstić information content (AvgIpc) is 3.59. The quantitative estimate of drug-likeness (QED) is 0.192. The Kier molecular flexibility index (Phi) is 10.0. The minimum Gasteiger partial charge on any atom is -0.343 e. The average molecular weight is 768 g/mol. The summed E-state index contributed by atoms with van der Waals surface area (Å²) in [6, 6.07) is 8.79. The Bertz CT molecular complexity index is 2390. The van der Waals surface area contributed by atoms with E-state index in [1.807, 2.05) is 45.1 Å². The lowest BCUT2D eigenvalue weighted by Gasteiger charge is -2.21. The van der Waals surface area contributed by atoms with Crippen molar-refractivity contribution in [3.8, 4) is 0 Å². The highest BCUT2D eigenvalue weighted by molar-refractivity contribution is 7.89. The van der Waals surface area contributed by atoms with Crippen molar-refractivity contribution in [2.75, 3.05) is 29.5 Å². The molecule has 6 N–H and O–H groups in total. The third kappa shape index (κ3) is 8.18. The fourth-order valence-electron chi connectivity index (χ4n) is 6.63. The zero-order valence-corrected chi connectivity index (χ0v) is 30.8. The molecule has 5 rings (SSSR count). The van der Waals surface area contributed by atoms with Crippen LogP contribution in [0.1, 0.15) is 44.7 Å². The zero-order chi connectivity index (χ0) is 37.0. The van der Waals surface area contributed by atoms with Gasteiger partial charge in [0.15, 0.2) is 12.3 Å². The molecule has 2 aromatic rings. The second kappa shape index (κ2) is 13.2. The van der Waals surface area contributed by atoms with Crippen molar-refractivity contribution in [2.45, 2.75) is 55.2 Å². The topological polar surface area (TPSA) is 235 Å². The molecular formula is C32H39N4O10S4+. The summed E-state index contributed by atoms with van der Waals surface area (Å²) >= 11 is 0. The molecule has 0 saturated heterocycles. The van der Waals surface area contributed by atoms with Crippen LogP contribution in [-0.4, -0.2) is 77.7 Å². The van der Waals surface area contributed by atoms with E-state index in [1.165, 1.54) is 24.3 Å². The van der Waals surface area contributed by atoms with Gasteiger partial charge in [-0.3, -0.25) is 9.11 Å². The SMILES string of the molecule is CC1=C(C=CC2=[N+](CCS(=O)(=O)O)c3ccc(S(N)(=O)=O)cc3C2(C)C)CCC1=CC=C1Cc2cc(S(N)(=O)=O)ccc2N1CCS(=O)(=O)O. The molecule has 18 heteroatoms. The molecule has 2 heterocycles. The lowest BCUT2D eigenvalue weighted by molar-refractivity contribution is -0.432. The summed E-state index contributed by atoms with van der Waals surface area (Å²) in [5, 5.41) is 10.7. The number of allylic oxidation sites excluding steroid dienone is 8. The number of nitrogens with zero attached hydrogens (tertiary/aromatic N) is 2. The van der Waals surface area contributed by atoms with Gasteiger partial charge in [-0.1, -0.05) is 12.2 Å². The van der Waals surface area contributed by atoms with Crippen molar-refractivity contribution in [3.05, 3.63) is 94.2 Å². The predicted octanol–water partition coefficient (Wildman–Crippen LogP) is 2.67. The Hall–Kier alpha value is -3.49. The Labute approximate surface area is 292 Å². The monoisotopic (exact) mass is 767 g/mol. The molecule has 0 fully saturated rings. The van der Waals surface area contributed by atoms with Crippen LogP contribution < -0.4 is 15.2 Å². The van der Waals surface area contributed by atoms with Crippen molar-refractivity contribution in [1.29, 1.82) is 0 Å². The highest BCUT2D eigenvalue weighted by Gasteiger charge is 2.45. The van der Waals surface area contributed by atoms with Crippen LogP contribution >= 0.6 is 0 Å². The van der Waals surface area contributed by atoms with Crippen LogP contribution in [-0.2, 0) is 52.1 Å². The van der Waals surface area contributed by atoms with Gasteiger partial charge in [0.1, 0.15) is 5.75 Å². The number of rotatable bonds is 11. The van der Waals surface area contributed by atoms with Crippen LogP contribution in [0.5, 0.6) is 0 Å². The maximum absolute atomic E-state index is 12.1. The van der Waals surface area contributed by atoms with Crippen molar-refractivity contribution in [1.82, 2.24) is 0 Å². The van der Waals surface area contributed by atoms with Gasteiger partial charge in [0.25, 0.3) is 20.2 Å². The van der Waals surface area contributed by atoms with Gasteiger partial charge in [0.05, 0.1) is 21.0 Å². The van der Waals surface area contributed by atoms with Crippen molar-refractivity contribution < 1.29 is 47.4 Å². The van der Waals surface area contributed by atoms with Gasteiger partial charge in [-0.05, 0) is 92.3 Å². The second-order valence-electron chi connectivity index (χ2n) is 13.0. The molecule has 0 radical (unpaired) electrons. The smallest absolute Gasteiger partial charge is 0.271 e. The number of benzene rings is 2. The third-order valence-corrected chi connectivity index (χ3v) is 12.5. The number of primary sulfonamides is 2. The maximum atomic E-state index is 12.1. The maximum Gasteiger partial charge on any atom is 0.271 e. The van der Waals surface area contributed by atoms with Crippen LogP contribution in [0.3, 0.4) is 0 Å². The van der Waals surface area contributed by atoms with E-state index < -0.39 is 57.2 Å². The summed E-state index contributed by atoms with van der Waals surface area (Å²) in [6.45, 7) is 5.61. The molecular weight excluding hydrogens is 729 g/mol. The van der Waals surface area contributed by atoms with Gasteiger partial charge < -0.3 is 4.90 Å². The number of hydrogen-bond donors (Lipinski definition) is 4. The van der Waals surface area contributed by atoms with E-state index in [0.29, 0.717) is 53.2 Å². The minimum absolute atomic E-state index is 0.0536. The lowest BCUT2D eigenvalue weighted by atomic mass is 9.81.